The Morgan fingerprint density at radius 3 is 2.65 bits per heavy atom. The topological polar surface area (TPSA) is 72.9 Å². The van der Waals surface area contributed by atoms with E-state index in [0.717, 1.165) is 41.5 Å². The van der Waals surface area contributed by atoms with Crippen LogP contribution in [0.5, 0.6) is 0 Å². The molecule has 136 valence electrons. The summed E-state index contributed by atoms with van der Waals surface area (Å²) >= 11 is 0. The van der Waals surface area contributed by atoms with E-state index in [-0.39, 0.29) is 30.3 Å². The predicted octanol–water partition coefficient (Wildman–Crippen LogP) is 3.19. The average Bonchev–Trinajstić information content (AvgIpc) is 3.26. The third-order valence-corrected chi connectivity index (χ3v) is 4.98. The van der Waals surface area contributed by atoms with Crippen LogP contribution in [0.1, 0.15) is 24.8 Å². The number of hydrogen-bond donors (Lipinski definition) is 2. The second-order valence-corrected chi connectivity index (χ2v) is 6.76. The van der Waals surface area contributed by atoms with E-state index in [1.165, 1.54) is 0 Å². The molecule has 5 nitrogen and oxygen atoms in total. The summed E-state index contributed by atoms with van der Waals surface area (Å²) < 4.78 is 2.07. The van der Waals surface area contributed by atoms with Crippen LogP contribution in [0.2, 0.25) is 0 Å². The number of aromatic nitrogens is 2. The van der Waals surface area contributed by atoms with Gasteiger partial charge in [0.15, 0.2) is 0 Å². The maximum absolute atomic E-state index is 12.2. The highest BCUT2D eigenvalue weighted by Gasteiger charge is 2.27. The quantitative estimate of drug-likeness (QED) is 0.740. The predicted molar refractivity (Wildman–Crippen MR) is 105 cm³/mol. The number of hydrogen-bond acceptors (Lipinski definition) is 3. The lowest BCUT2D eigenvalue weighted by molar-refractivity contribution is -0.125. The maximum Gasteiger partial charge on any atom is 0.223 e. The van der Waals surface area contributed by atoms with E-state index in [1.54, 1.807) is 0 Å². The van der Waals surface area contributed by atoms with E-state index in [9.17, 15) is 4.79 Å². The number of nitrogens with two attached hydrogens (primary N) is 1. The summed E-state index contributed by atoms with van der Waals surface area (Å²) in [5.41, 5.74) is 10.1. The molecular weight excluding hydrogens is 348 g/mol. The number of fused-ring (bicyclic) bond motifs is 1. The smallest absolute Gasteiger partial charge is 0.223 e. The van der Waals surface area contributed by atoms with E-state index in [4.69, 9.17) is 5.73 Å². The number of imidazole rings is 1. The Hall–Kier alpha value is -2.37. The molecule has 3 aromatic rings. The molecule has 1 aliphatic carbocycles. The van der Waals surface area contributed by atoms with Crippen molar-refractivity contribution < 1.29 is 4.79 Å². The van der Waals surface area contributed by atoms with Crippen LogP contribution in [0.3, 0.4) is 0 Å². The van der Waals surface area contributed by atoms with Gasteiger partial charge >= 0.3 is 0 Å². The molecule has 4 rings (SSSR count). The number of nitrogens with one attached hydrogen (secondary N) is 1. The molecule has 6 heteroatoms. The fourth-order valence-electron chi connectivity index (χ4n) is 3.53. The number of carbonyl (C=O) groups excluding carboxylic acids is 1. The van der Waals surface area contributed by atoms with Gasteiger partial charge in [-0.3, -0.25) is 9.36 Å². The Morgan fingerprint density at radius 1 is 1.15 bits per heavy atom. The highest BCUT2D eigenvalue weighted by molar-refractivity contribution is 5.85. The first kappa shape index (κ1) is 18.4. The summed E-state index contributed by atoms with van der Waals surface area (Å²) in [6.45, 7) is 0.551. The summed E-state index contributed by atoms with van der Waals surface area (Å²) in [6.07, 6.45) is 4.49. The number of nitrogens with zero attached hydrogens (tertiary/aromatic N) is 2. The summed E-state index contributed by atoms with van der Waals surface area (Å²) in [7, 11) is 0. The number of carbonyl (C=O) groups is 1. The van der Waals surface area contributed by atoms with Gasteiger partial charge in [0.05, 0.1) is 11.0 Å². The average molecular weight is 371 g/mol. The first-order chi connectivity index (χ1) is 12.2. The van der Waals surface area contributed by atoms with Gasteiger partial charge in [0.2, 0.25) is 5.91 Å². The molecule has 1 amide bonds. The Morgan fingerprint density at radius 2 is 1.92 bits per heavy atom. The van der Waals surface area contributed by atoms with Crippen molar-refractivity contribution >= 4 is 29.3 Å². The third kappa shape index (κ3) is 3.74. The molecule has 0 radical (unpaired) electrons. The first-order valence-electron chi connectivity index (χ1n) is 8.75. The standard InChI is InChI=1S/C20H22N4O.ClH/c21-16-8-7-15(11-16)20(25)22-12-14-5-9-17(10-6-14)24-13-23-18-3-1-2-4-19(18)24;/h1-6,9-10,13,15-16H,7-8,11-12,21H2,(H,22,25);1H. The molecule has 1 aromatic heterocycles. The molecule has 1 heterocycles. The zero-order chi connectivity index (χ0) is 17.2. The Balaban J connectivity index is 0.00000196. The minimum Gasteiger partial charge on any atom is -0.352 e. The highest BCUT2D eigenvalue weighted by atomic mass is 35.5. The summed E-state index contributed by atoms with van der Waals surface area (Å²) in [5, 5.41) is 3.03. The molecule has 1 saturated carbocycles. The normalized spacial score (nSPS) is 19.3. The van der Waals surface area contributed by atoms with Gasteiger partial charge in [-0.05, 0) is 49.1 Å². The van der Waals surface area contributed by atoms with Crippen LogP contribution in [0, 0.1) is 5.92 Å². The molecule has 2 atom stereocenters. The van der Waals surface area contributed by atoms with Crippen molar-refractivity contribution in [1.82, 2.24) is 14.9 Å². The van der Waals surface area contributed by atoms with Gasteiger partial charge in [0, 0.05) is 24.2 Å². The van der Waals surface area contributed by atoms with Gasteiger partial charge in [0.1, 0.15) is 6.33 Å². The fourth-order valence-corrected chi connectivity index (χ4v) is 3.53. The van der Waals surface area contributed by atoms with Crippen LogP contribution in [-0.2, 0) is 11.3 Å². The molecule has 0 saturated heterocycles. The van der Waals surface area contributed by atoms with Crippen LogP contribution in [0.15, 0.2) is 54.9 Å². The van der Waals surface area contributed by atoms with Gasteiger partial charge in [-0.2, -0.15) is 0 Å². The fraction of sp³-hybridized carbons (Fsp3) is 0.300. The minimum absolute atomic E-state index is 0. The van der Waals surface area contributed by atoms with E-state index in [2.05, 4.69) is 33.1 Å². The van der Waals surface area contributed by atoms with E-state index < -0.39 is 0 Å². The van der Waals surface area contributed by atoms with Crippen molar-refractivity contribution in [2.24, 2.45) is 11.7 Å². The maximum atomic E-state index is 12.2. The molecule has 3 N–H and O–H groups in total. The van der Waals surface area contributed by atoms with Gasteiger partial charge < -0.3 is 11.1 Å². The van der Waals surface area contributed by atoms with E-state index in [1.807, 2.05) is 36.7 Å². The largest absolute Gasteiger partial charge is 0.352 e. The number of para-hydroxylation sites is 2. The SMILES string of the molecule is Cl.NC1CCC(C(=O)NCc2ccc(-n3cnc4ccccc43)cc2)C1. The summed E-state index contributed by atoms with van der Waals surface area (Å²) in [5.74, 6) is 0.198. The molecule has 0 spiro atoms. The molecular formula is C20H23ClN4O. The third-order valence-electron chi connectivity index (χ3n) is 4.98. The molecule has 1 fully saturated rings. The molecule has 2 unspecified atom stereocenters. The number of amides is 1. The van der Waals surface area contributed by atoms with Gasteiger partial charge in [-0.25, -0.2) is 4.98 Å². The van der Waals surface area contributed by atoms with Crippen molar-refractivity contribution in [1.29, 1.82) is 0 Å². The number of rotatable bonds is 4. The van der Waals surface area contributed by atoms with E-state index >= 15 is 0 Å². The lowest BCUT2D eigenvalue weighted by Crippen LogP contribution is -2.29. The molecule has 0 bridgehead atoms. The van der Waals surface area contributed by atoms with Gasteiger partial charge in [-0.15, -0.1) is 12.4 Å². The van der Waals surface area contributed by atoms with Gasteiger partial charge in [0.25, 0.3) is 0 Å². The second kappa shape index (κ2) is 7.89. The molecule has 26 heavy (non-hydrogen) atoms. The Bertz CT molecular complexity index is 890. The van der Waals surface area contributed by atoms with Crippen molar-refractivity contribution in [2.75, 3.05) is 0 Å². The van der Waals surface area contributed by atoms with Crippen LogP contribution in [-0.4, -0.2) is 21.5 Å². The van der Waals surface area contributed by atoms with Crippen LogP contribution in [0.25, 0.3) is 16.7 Å². The molecule has 0 aliphatic heterocycles. The minimum atomic E-state index is 0. The summed E-state index contributed by atoms with van der Waals surface area (Å²) in [6, 6.07) is 16.5. The highest BCUT2D eigenvalue weighted by Crippen LogP contribution is 2.24. The monoisotopic (exact) mass is 370 g/mol. The van der Waals surface area contributed by atoms with Crippen molar-refractivity contribution in [2.45, 2.75) is 31.8 Å². The Kier molecular flexibility index (Phi) is 5.59. The van der Waals surface area contributed by atoms with Gasteiger partial charge in [-0.1, -0.05) is 24.3 Å². The lowest BCUT2D eigenvalue weighted by Gasteiger charge is -2.11. The first-order valence-corrected chi connectivity index (χ1v) is 8.75. The van der Waals surface area contributed by atoms with Crippen molar-refractivity contribution in [3.63, 3.8) is 0 Å². The zero-order valence-electron chi connectivity index (χ0n) is 14.5. The van der Waals surface area contributed by atoms with Crippen LogP contribution >= 0.6 is 12.4 Å². The molecule has 2 aromatic carbocycles. The van der Waals surface area contributed by atoms with Crippen LogP contribution in [0.4, 0.5) is 0 Å². The summed E-state index contributed by atoms with van der Waals surface area (Å²) in [4.78, 5) is 16.6. The zero-order valence-corrected chi connectivity index (χ0v) is 15.3. The van der Waals surface area contributed by atoms with E-state index in [0.29, 0.717) is 6.54 Å². The number of benzene rings is 2. The van der Waals surface area contributed by atoms with Crippen molar-refractivity contribution in [3.05, 3.63) is 60.4 Å². The second-order valence-electron chi connectivity index (χ2n) is 6.76. The molecule has 1 aliphatic rings. The van der Waals surface area contributed by atoms with Crippen LogP contribution < -0.4 is 11.1 Å². The number of halogens is 1. The Labute approximate surface area is 159 Å². The van der Waals surface area contributed by atoms with Crippen molar-refractivity contribution in [3.8, 4) is 5.69 Å². The lowest BCUT2D eigenvalue weighted by atomic mass is 10.1.